The molecular weight excluding hydrogens is 364 g/mol. The van der Waals surface area contributed by atoms with Gasteiger partial charge in [0.2, 0.25) is 10.0 Å². The lowest BCUT2D eigenvalue weighted by Gasteiger charge is -2.14. The van der Waals surface area contributed by atoms with Crippen LogP contribution in [0.4, 0.5) is 5.69 Å². The van der Waals surface area contributed by atoms with E-state index in [1.165, 1.54) is 10.5 Å². The Morgan fingerprint density at radius 1 is 1.19 bits per heavy atom. The zero-order valence-electron chi connectivity index (χ0n) is 14.8. The average Bonchev–Trinajstić information content (AvgIpc) is 3.44. The molecule has 0 unspecified atom stereocenters. The second-order valence-electron chi connectivity index (χ2n) is 6.69. The maximum atomic E-state index is 12.5. The number of fused-ring (bicyclic) bond motifs is 1. The van der Waals surface area contributed by atoms with Crippen LogP contribution in [0.25, 0.3) is 5.65 Å². The van der Waals surface area contributed by atoms with Crippen molar-refractivity contribution in [1.29, 1.82) is 0 Å². The largest absolute Gasteiger partial charge is 0.379 e. The molecule has 1 saturated carbocycles. The topological polar surface area (TPSA) is 92.6 Å². The van der Waals surface area contributed by atoms with E-state index in [4.69, 9.17) is 0 Å². The highest BCUT2D eigenvalue weighted by Crippen LogP contribution is 2.26. The van der Waals surface area contributed by atoms with E-state index < -0.39 is 10.0 Å². The van der Waals surface area contributed by atoms with E-state index in [9.17, 15) is 13.2 Å². The summed E-state index contributed by atoms with van der Waals surface area (Å²) in [4.78, 5) is 16.9. The van der Waals surface area contributed by atoms with E-state index in [2.05, 4.69) is 15.0 Å². The highest BCUT2D eigenvalue weighted by atomic mass is 32.2. The Hall–Kier alpha value is -2.71. The SMILES string of the molecule is Cc1c(NCc2cc(=O)n3ccccc3n2)cccc1S(=O)(=O)NC1CC1. The summed E-state index contributed by atoms with van der Waals surface area (Å²) in [6, 6.07) is 12.0. The van der Waals surface area contributed by atoms with Crippen LogP contribution in [-0.4, -0.2) is 23.8 Å². The summed E-state index contributed by atoms with van der Waals surface area (Å²) in [7, 11) is -3.53. The molecule has 2 N–H and O–H groups in total. The Kier molecular flexibility index (Phi) is 4.45. The predicted molar refractivity (Wildman–Crippen MR) is 103 cm³/mol. The first kappa shape index (κ1) is 17.7. The zero-order chi connectivity index (χ0) is 19.0. The molecule has 0 atom stereocenters. The van der Waals surface area contributed by atoms with Crippen LogP contribution in [0.3, 0.4) is 0 Å². The predicted octanol–water partition coefficient (Wildman–Crippen LogP) is 2.06. The first-order valence-electron chi connectivity index (χ1n) is 8.77. The summed E-state index contributed by atoms with van der Waals surface area (Å²) in [5.41, 5.74) is 2.35. The van der Waals surface area contributed by atoms with Crippen molar-refractivity contribution in [3.63, 3.8) is 0 Å². The Balaban J connectivity index is 1.58. The third-order valence-electron chi connectivity index (χ3n) is 4.56. The van der Waals surface area contributed by atoms with Crippen molar-refractivity contribution in [2.45, 2.75) is 37.2 Å². The molecule has 1 aliphatic rings. The summed E-state index contributed by atoms with van der Waals surface area (Å²) in [6.07, 6.45) is 3.45. The van der Waals surface area contributed by atoms with Crippen LogP contribution in [0.15, 0.2) is 58.4 Å². The fourth-order valence-electron chi connectivity index (χ4n) is 2.96. The number of aromatic nitrogens is 2. The third-order valence-corrected chi connectivity index (χ3v) is 6.22. The fraction of sp³-hybridized carbons (Fsp3) is 0.263. The number of benzene rings is 1. The van der Waals surface area contributed by atoms with Crippen molar-refractivity contribution in [3.05, 3.63) is 70.3 Å². The van der Waals surface area contributed by atoms with Gasteiger partial charge in [-0.2, -0.15) is 0 Å². The molecule has 0 radical (unpaired) electrons. The quantitative estimate of drug-likeness (QED) is 0.679. The van der Waals surface area contributed by atoms with Gasteiger partial charge in [0.1, 0.15) is 5.65 Å². The van der Waals surface area contributed by atoms with Crippen molar-refractivity contribution in [3.8, 4) is 0 Å². The van der Waals surface area contributed by atoms with Gasteiger partial charge in [0, 0.05) is 24.0 Å². The monoisotopic (exact) mass is 384 g/mol. The van der Waals surface area contributed by atoms with Gasteiger partial charge in [-0.1, -0.05) is 12.1 Å². The van der Waals surface area contributed by atoms with Crippen LogP contribution < -0.4 is 15.6 Å². The summed E-state index contributed by atoms with van der Waals surface area (Å²) in [5, 5.41) is 3.20. The molecular formula is C19H20N4O3S. The van der Waals surface area contributed by atoms with Crippen LogP contribution in [0, 0.1) is 6.92 Å². The van der Waals surface area contributed by atoms with Gasteiger partial charge in [-0.15, -0.1) is 0 Å². The Morgan fingerprint density at radius 3 is 2.78 bits per heavy atom. The molecule has 1 aromatic carbocycles. The molecule has 140 valence electrons. The van der Waals surface area contributed by atoms with Crippen LogP contribution in [0.1, 0.15) is 24.1 Å². The molecule has 2 heterocycles. The summed E-state index contributed by atoms with van der Waals surface area (Å²) in [6.45, 7) is 2.09. The molecule has 0 amide bonds. The molecule has 3 aromatic rings. The van der Waals surface area contributed by atoms with Crippen LogP contribution >= 0.6 is 0 Å². The lowest BCUT2D eigenvalue weighted by Crippen LogP contribution is -2.26. The zero-order valence-corrected chi connectivity index (χ0v) is 15.7. The normalized spacial score (nSPS) is 14.4. The standard InChI is InChI=1S/C19H20N4O3S/c1-13-16(5-4-6-17(13)27(25,26)22-14-8-9-14)20-12-15-11-19(24)23-10-3-2-7-18(23)21-15/h2-7,10-11,14,20,22H,8-9,12H2,1H3. The molecule has 2 aromatic heterocycles. The number of rotatable bonds is 6. The maximum Gasteiger partial charge on any atom is 0.258 e. The van der Waals surface area contributed by atoms with Gasteiger partial charge in [0.15, 0.2) is 0 Å². The molecule has 27 heavy (non-hydrogen) atoms. The van der Waals surface area contributed by atoms with Gasteiger partial charge in [0.25, 0.3) is 5.56 Å². The maximum absolute atomic E-state index is 12.5. The molecule has 1 fully saturated rings. The van der Waals surface area contributed by atoms with Crippen molar-refractivity contribution in [1.82, 2.24) is 14.1 Å². The molecule has 0 aliphatic heterocycles. The molecule has 7 nitrogen and oxygen atoms in total. The minimum Gasteiger partial charge on any atom is -0.379 e. The number of pyridine rings is 1. The number of anilines is 1. The molecule has 0 bridgehead atoms. The minimum atomic E-state index is -3.53. The smallest absolute Gasteiger partial charge is 0.258 e. The summed E-state index contributed by atoms with van der Waals surface area (Å²) >= 11 is 0. The Bertz CT molecular complexity index is 1170. The highest BCUT2D eigenvalue weighted by Gasteiger charge is 2.29. The van der Waals surface area contributed by atoms with Gasteiger partial charge in [-0.3, -0.25) is 9.20 Å². The number of nitrogens with one attached hydrogen (secondary N) is 2. The van der Waals surface area contributed by atoms with Crippen LogP contribution in [-0.2, 0) is 16.6 Å². The van der Waals surface area contributed by atoms with E-state index in [1.807, 2.05) is 12.1 Å². The Morgan fingerprint density at radius 2 is 2.00 bits per heavy atom. The van der Waals surface area contributed by atoms with E-state index in [0.29, 0.717) is 29.1 Å². The number of nitrogens with zero attached hydrogens (tertiary/aromatic N) is 2. The Labute approximate surface area is 157 Å². The number of hydrogen-bond acceptors (Lipinski definition) is 5. The fourth-order valence-corrected chi connectivity index (χ4v) is 4.53. The van der Waals surface area contributed by atoms with E-state index >= 15 is 0 Å². The molecule has 8 heteroatoms. The number of sulfonamides is 1. The van der Waals surface area contributed by atoms with Crippen molar-refractivity contribution >= 4 is 21.4 Å². The summed E-state index contributed by atoms with van der Waals surface area (Å²) in [5.74, 6) is 0. The molecule has 1 aliphatic carbocycles. The van der Waals surface area contributed by atoms with Crippen LogP contribution in [0.5, 0.6) is 0 Å². The highest BCUT2D eigenvalue weighted by molar-refractivity contribution is 7.89. The van der Waals surface area contributed by atoms with Crippen molar-refractivity contribution in [2.75, 3.05) is 5.32 Å². The number of hydrogen-bond donors (Lipinski definition) is 2. The van der Waals surface area contributed by atoms with Crippen molar-refractivity contribution < 1.29 is 8.42 Å². The van der Waals surface area contributed by atoms with Gasteiger partial charge in [-0.05, 0) is 49.6 Å². The lowest BCUT2D eigenvalue weighted by molar-refractivity contribution is 0.580. The first-order chi connectivity index (χ1) is 12.9. The van der Waals surface area contributed by atoms with E-state index in [-0.39, 0.29) is 16.5 Å². The molecule has 4 rings (SSSR count). The van der Waals surface area contributed by atoms with E-state index in [0.717, 1.165) is 12.8 Å². The van der Waals surface area contributed by atoms with Gasteiger partial charge in [0.05, 0.1) is 17.1 Å². The van der Waals surface area contributed by atoms with Crippen LogP contribution in [0.2, 0.25) is 0 Å². The molecule has 0 spiro atoms. The minimum absolute atomic E-state index is 0.0563. The van der Waals surface area contributed by atoms with Gasteiger partial charge in [-0.25, -0.2) is 18.1 Å². The second-order valence-corrected chi connectivity index (χ2v) is 8.37. The second kappa shape index (κ2) is 6.79. The average molecular weight is 384 g/mol. The van der Waals surface area contributed by atoms with E-state index in [1.54, 1.807) is 37.4 Å². The van der Waals surface area contributed by atoms with Gasteiger partial charge >= 0.3 is 0 Å². The summed E-state index contributed by atoms with van der Waals surface area (Å²) < 4.78 is 29.2. The van der Waals surface area contributed by atoms with Crippen molar-refractivity contribution in [2.24, 2.45) is 0 Å². The first-order valence-corrected chi connectivity index (χ1v) is 10.3. The lowest BCUT2D eigenvalue weighted by atomic mass is 10.2. The third kappa shape index (κ3) is 3.72. The molecule has 0 saturated heterocycles. The van der Waals surface area contributed by atoms with Gasteiger partial charge < -0.3 is 5.32 Å².